The van der Waals surface area contributed by atoms with Gasteiger partial charge in [-0.3, -0.25) is 9.59 Å². The highest BCUT2D eigenvalue weighted by atomic mass is 16.5. The Bertz CT molecular complexity index is 812. The van der Waals surface area contributed by atoms with E-state index in [0.29, 0.717) is 24.2 Å². The van der Waals surface area contributed by atoms with Crippen molar-refractivity contribution in [1.82, 2.24) is 0 Å². The lowest BCUT2D eigenvalue weighted by Gasteiger charge is -2.53. The van der Waals surface area contributed by atoms with Gasteiger partial charge in [-0.1, -0.05) is 54.4 Å². The summed E-state index contributed by atoms with van der Waals surface area (Å²) in [6.45, 7) is 15.8. The first-order chi connectivity index (χ1) is 15.5. The molecule has 0 aromatic carbocycles. The molecule has 33 heavy (non-hydrogen) atoms. The quantitative estimate of drug-likeness (QED) is 0.399. The Kier molecular flexibility index (Phi) is 6.79. The highest BCUT2D eigenvalue weighted by Crippen LogP contribution is 2.65. The third-order valence-corrected chi connectivity index (χ3v) is 10.6. The summed E-state index contributed by atoms with van der Waals surface area (Å²) in [5.41, 5.74) is 1.51. The fourth-order valence-corrected chi connectivity index (χ4v) is 7.99. The molecule has 4 rings (SSSR count). The van der Waals surface area contributed by atoms with E-state index in [2.05, 4.69) is 41.5 Å². The van der Waals surface area contributed by atoms with E-state index in [0.717, 1.165) is 43.3 Å². The van der Waals surface area contributed by atoms with Crippen LogP contribution in [0.5, 0.6) is 0 Å². The summed E-state index contributed by atoms with van der Waals surface area (Å²) < 4.78 is 11.7. The molecule has 2 fully saturated rings. The minimum Gasteiger partial charge on any atom is -0.463 e. The fraction of sp³-hybridized carbons (Fsp3) is 0.862. The Hall–Kier alpha value is -1.32. The van der Waals surface area contributed by atoms with Gasteiger partial charge in [-0.25, -0.2) is 0 Å². The summed E-state index contributed by atoms with van der Waals surface area (Å²) >= 11 is 0. The van der Waals surface area contributed by atoms with Crippen LogP contribution in [0.4, 0.5) is 0 Å². The van der Waals surface area contributed by atoms with Gasteiger partial charge in [0, 0.05) is 18.3 Å². The molecule has 0 aromatic rings. The van der Waals surface area contributed by atoms with E-state index in [1.54, 1.807) is 0 Å². The van der Waals surface area contributed by atoms with E-state index in [1.807, 2.05) is 0 Å². The van der Waals surface area contributed by atoms with Crippen LogP contribution in [-0.4, -0.2) is 18.0 Å². The first-order valence-electron chi connectivity index (χ1n) is 13.6. The van der Waals surface area contributed by atoms with Crippen LogP contribution >= 0.6 is 0 Å². The normalized spacial score (nSPS) is 39.9. The molecule has 3 aliphatic carbocycles. The topological polar surface area (TPSA) is 52.6 Å². The van der Waals surface area contributed by atoms with E-state index in [4.69, 9.17) is 9.47 Å². The minimum absolute atomic E-state index is 0.0837. The van der Waals surface area contributed by atoms with Crippen LogP contribution in [-0.2, 0) is 19.1 Å². The summed E-state index contributed by atoms with van der Waals surface area (Å²) in [6, 6.07) is 0. The van der Waals surface area contributed by atoms with Gasteiger partial charge in [0.25, 0.3) is 0 Å². The molecule has 4 nitrogen and oxygen atoms in total. The smallest absolute Gasteiger partial charge is 0.315 e. The number of allylic oxidation sites excluding steroid dienone is 2. The van der Waals surface area contributed by atoms with Crippen molar-refractivity contribution in [1.29, 1.82) is 0 Å². The van der Waals surface area contributed by atoms with Gasteiger partial charge in [-0.2, -0.15) is 0 Å². The summed E-state index contributed by atoms with van der Waals surface area (Å²) in [6.07, 6.45) is 9.44. The Morgan fingerprint density at radius 1 is 1.06 bits per heavy atom. The lowest BCUT2D eigenvalue weighted by atomic mass is 9.54. The summed E-state index contributed by atoms with van der Waals surface area (Å²) in [5.74, 6) is 3.84. The maximum Gasteiger partial charge on any atom is 0.315 e. The van der Waals surface area contributed by atoms with Crippen molar-refractivity contribution in [2.24, 2.45) is 46.3 Å². The molecular formula is C29H46O4. The molecule has 0 N–H and O–H groups in total. The van der Waals surface area contributed by atoms with Gasteiger partial charge in [0.1, 0.15) is 11.9 Å². The molecule has 0 bridgehead atoms. The van der Waals surface area contributed by atoms with Gasteiger partial charge in [-0.15, -0.1) is 0 Å². The van der Waals surface area contributed by atoms with Crippen LogP contribution in [0, 0.1) is 46.3 Å². The lowest BCUT2D eigenvalue weighted by Crippen LogP contribution is -2.50. The van der Waals surface area contributed by atoms with Crippen molar-refractivity contribution in [2.45, 2.75) is 112 Å². The van der Waals surface area contributed by atoms with Gasteiger partial charge >= 0.3 is 11.9 Å². The van der Waals surface area contributed by atoms with Crippen LogP contribution in [0.15, 0.2) is 11.3 Å². The second-order valence-corrected chi connectivity index (χ2v) is 12.8. The summed E-state index contributed by atoms with van der Waals surface area (Å²) in [4.78, 5) is 24.7. The fourth-order valence-electron chi connectivity index (χ4n) is 7.99. The summed E-state index contributed by atoms with van der Waals surface area (Å²) in [7, 11) is 0. The van der Waals surface area contributed by atoms with Crippen LogP contribution in [0.3, 0.4) is 0 Å². The number of rotatable bonds is 6. The number of esters is 2. The number of carbonyl (C=O) groups excluding carboxylic acids is 2. The molecular weight excluding hydrogens is 412 g/mol. The van der Waals surface area contributed by atoms with Crippen LogP contribution in [0.1, 0.15) is 106 Å². The highest BCUT2D eigenvalue weighted by molar-refractivity contribution is 5.78. The maximum absolute atomic E-state index is 13.3. The van der Waals surface area contributed by atoms with Gasteiger partial charge in [0.15, 0.2) is 0 Å². The van der Waals surface area contributed by atoms with Crippen LogP contribution < -0.4 is 0 Å². The zero-order valence-electron chi connectivity index (χ0n) is 22.0. The Balaban J connectivity index is 1.53. The van der Waals surface area contributed by atoms with Crippen molar-refractivity contribution in [2.75, 3.05) is 0 Å². The molecule has 0 spiro atoms. The first kappa shape index (κ1) is 24.8. The average molecular weight is 459 g/mol. The molecule has 0 radical (unpaired) electrons. The number of hydrogen-bond acceptors (Lipinski definition) is 4. The molecule has 1 aliphatic heterocycles. The molecule has 186 valence electrons. The number of ether oxygens (including phenoxy) is 2. The predicted octanol–water partition coefficient (Wildman–Crippen LogP) is 7.07. The standard InChI is InChI=1S/C29H46O4/c1-17(2)18(3)8-9-19(4)22-10-11-23-26-24(13-15-28(22,23)6)29(7)14-12-21(32-20(5)30)16-25(29)27(31)33-26/h17-19,21-23,25H,8-16H2,1-7H3/t18-,19+,21?,22+,23-,25?,28+,29+/m0/s1. The average Bonchev–Trinajstić information content (AvgIpc) is 3.10. The maximum atomic E-state index is 13.3. The Morgan fingerprint density at radius 2 is 1.79 bits per heavy atom. The zero-order valence-corrected chi connectivity index (χ0v) is 22.0. The van der Waals surface area contributed by atoms with Gasteiger partial charge < -0.3 is 9.47 Å². The van der Waals surface area contributed by atoms with Crippen LogP contribution in [0.25, 0.3) is 0 Å². The minimum atomic E-state index is -0.255. The zero-order chi connectivity index (χ0) is 24.1. The summed E-state index contributed by atoms with van der Waals surface area (Å²) in [5, 5.41) is 0. The van der Waals surface area contributed by atoms with E-state index in [-0.39, 0.29) is 34.8 Å². The molecule has 1 heterocycles. The molecule has 0 aromatic heterocycles. The van der Waals surface area contributed by atoms with Gasteiger partial charge in [0.05, 0.1) is 5.92 Å². The monoisotopic (exact) mass is 458 g/mol. The number of fused-ring (bicyclic) bond motifs is 4. The third kappa shape index (κ3) is 4.29. The van der Waals surface area contributed by atoms with Gasteiger partial charge in [0.2, 0.25) is 0 Å². The molecule has 4 heteroatoms. The van der Waals surface area contributed by atoms with Crippen molar-refractivity contribution in [3.63, 3.8) is 0 Å². The molecule has 8 atom stereocenters. The second-order valence-electron chi connectivity index (χ2n) is 12.8. The second kappa shape index (κ2) is 9.04. The van der Waals surface area contributed by atoms with Crippen molar-refractivity contribution in [3.05, 3.63) is 11.3 Å². The molecule has 0 amide bonds. The predicted molar refractivity (Wildman–Crippen MR) is 130 cm³/mol. The van der Waals surface area contributed by atoms with E-state index >= 15 is 0 Å². The van der Waals surface area contributed by atoms with Gasteiger partial charge in [-0.05, 0) is 79.6 Å². The van der Waals surface area contributed by atoms with Crippen molar-refractivity contribution >= 4 is 11.9 Å². The third-order valence-electron chi connectivity index (χ3n) is 10.6. The van der Waals surface area contributed by atoms with Crippen LogP contribution in [0.2, 0.25) is 0 Å². The van der Waals surface area contributed by atoms with E-state index in [1.165, 1.54) is 38.2 Å². The Morgan fingerprint density at radius 3 is 2.45 bits per heavy atom. The highest BCUT2D eigenvalue weighted by Gasteiger charge is 2.59. The van der Waals surface area contributed by atoms with Crippen molar-refractivity contribution < 1.29 is 19.1 Å². The SMILES string of the molecule is CC(=O)OC1CC[C@]2(C)C3=C(OC(=O)C2C1)[C@@H]1CC[C@H]([C@H](C)CC[C@H](C)C(C)C)[C@@]1(C)CC3. The first-order valence-corrected chi connectivity index (χ1v) is 13.6. The lowest BCUT2D eigenvalue weighted by molar-refractivity contribution is -0.165. The molecule has 0 saturated heterocycles. The Labute approximate surface area is 201 Å². The molecule has 4 aliphatic rings. The largest absolute Gasteiger partial charge is 0.463 e. The van der Waals surface area contributed by atoms with E-state index in [9.17, 15) is 9.59 Å². The van der Waals surface area contributed by atoms with E-state index < -0.39 is 0 Å². The number of hydrogen-bond donors (Lipinski definition) is 0. The van der Waals surface area contributed by atoms with Crippen molar-refractivity contribution in [3.8, 4) is 0 Å². The molecule has 2 unspecified atom stereocenters. The number of carbonyl (C=O) groups is 2. The molecule has 2 saturated carbocycles.